The van der Waals surface area contributed by atoms with E-state index in [2.05, 4.69) is 20.8 Å². The number of aliphatic hydroxyl groups excluding tert-OH is 2. The number of hydrogen-bond acceptors (Lipinski definition) is 10. The SMILES string of the molecule is CCC(C)(C)CC(O)COCCCCOCC(O)COC(=O)CSSCC(=O)OC(C)(CC)CC. The van der Waals surface area contributed by atoms with Gasteiger partial charge in [0, 0.05) is 13.2 Å². The number of hydrogen-bond donors (Lipinski definition) is 2. The van der Waals surface area contributed by atoms with Crippen molar-refractivity contribution in [3.05, 3.63) is 0 Å². The third kappa shape index (κ3) is 19.3. The van der Waals surface area contributed by atoms with E-state index in [1.165, 1.54) is 21.6 Å². The molecule has 35 heavy (non-hydrogen) atoms. The van der Waals surface area contributed by atoms with Gasteiger partial charge in [-0.25, -0.2) is 0 Å². The van der Waals surface area contributed by atoms with Gasteiger partial charge in [0.15, 0.2) is 0 Å². The summed E-state index contributed by atoms with van der Waals surface area (Å²) < 4.78 is 21.4. The van der Waals surface area contributed by atoms with Crippen LogP contribution >= 0.6 is 21.6 Å². The number of carbonyl (C=O) groups is 2. The Hall–Kier alpha value is -0.520. The Bertz CT molecular complexity index is 570. The van der Waals surface area contributed by atoms with Crippen LogP contribution in [0.1, 0.15) is 80.1 Å². The summed E-state index contributed by atoms with van der Waals surface area (Å²) in [5.41, 5.74) is -0.326. The fraction of sp³-hybridized carbons (Fsp3) is 0.920. The molecule has 0 saturated carbocycles. The number of unbranched alkanes of at least 4 members (excludes halogenated alkanes) is 1. The second-order valence-corrected chi connectivity index (χ2v) is 12.2. The molecule has 0 heterocycles. The summed E-state index contributed by atoms with van der Waals surface area (Å²) in [4.78, 5) is 23.7. The fourth-order valence-electron chi connectivity index (χ4n) is 2.85. The Balaban J connectivity index is 3.66. The molecule has 0 aliphatic heterocycles. The van der Waals surface area contributed by atoms with Crippen molar-refractivity contribution in [3.63, 3.8) is 0 Å². The zero-order chi connectivity index (χ0) is 26.7. The molecule has 0 aliphatic rings. The van der Waals surface area contributed by atoms with Crippen molar-refractivity contribution in [2.75, 3.05) is 44.5 Å². The molecule has 0 aromatic carbocycles. The summed E-state index contributed by atoms with van der Waals surface area (Å²) in [7, 11) is 2.46. The van der Waals surface area contributed by atoms with Gasteiger partial charge < -0.3 is 29.2 Å². The van der Waals surface area contributed by atoms with Gasteiger partial charge >= 0.3 is 11.9 Å². The average molecular weight is 541 g/mol. The Kier molecular flexibility index (Phi) is 19.3. The number of esters is 2. The van der Waals surface area contributed by atoms with Gasteiger partial charge in [0.2, 0.25) is 0 Å². The Morgan fingerprint density at radius 3 is 1.80 bits per heavy atom. The van der Waals surface area contributed by atoms with Crippen molar-refractivity contribution in [3.8, 4) is 0 Å². The zero-order valence-electron chi connectivity index (χ0n) is 22.5. The molecular weight excluding hydrogens is 492 g/mol. The van der Waals surface area contributed by atoms with Gasteiger partial charge in [0.1, 0.15) is 29.8 Å². The first-order chi connectivity index (χ1) is 16.5. The average Bonchev–Trinajstić information content (AvgIpc) is 2.81. The third-order valence-electron chi connectivity index (χ3n) is 5.92. The molecule has 0 saturated heterocycles. The molecule has 2 atom stereocenters. The van der Waals surface area contributed by atoms with Gasteiger partial charge in [-0.2, -0.15) is 0 Å². The van der Waals surface area contributed by atoms with Gasteiger partial charge in [-0.05, 0) is 44.4 Å². The molecule has 0 radical (unpaired) electrons. The topological polar surface area (TPSA) is 112 Å². The monoisotopic (exact) mass is 540 g/mol. The van der Waals surface area contributed by atoms with Gasteiger partial charge in [0.25, 0.3) is 0 Å². The highest BCUT2D eigenvalue weighted by molar-refractivity contribution is 8.77. The number of aliphatic hydroxyl groups is 2. The van der Waals surface area contributed by atoms with E-state index >= 15 is 0 Å². The summed E-state index contributed by atoms with van der Waals surface area (Å²) in [6, 6.07) is 0. The highest BCUT2D eigenvalue weighted by Crippen LogP contribution is 2.26. The highest BCUT2D eigenvalue weighted by Gasteiger charge is 2.24. The Labute approximate surface area is 220 Å². The minimum atomic E-state index is -0.888. The lowest BCUT2D eigenvalue weighted by molar-refractivity contribution is -0.155. The van der Waals surface area contributed by atoms with E-state index in [9.17, 15) is 19.8 Å². The summed E-state index contributed by atoms with van der Waals surface area (Å²) in [6.07, 6.45) is 3.48. The van der Waals surface area contributed by atoms with E-state index in [0.29, 0.717) is 19.8 Å². The quantitative estimate of drug-likeness (QED) is 0.116. The maximum atomic E-state index is 11.9. The molecule has 0 aromatic rings. The smallest absolute Gasteiger partial charge is 0.317 e. The fourth-order valence-corrected chi connectivity index (χ4v) is 4.42. The standard InChI is InChI=1S/C25H48O8S2/c1-7-24(4,5)14-20(26)15-30-12-10-11-13-31-16-21(27)17-32-22(28)18-34-35-19-23(29)33-25(6,8-2)9-3/h20-21,26-27H,7-19H2,1-6H3. The third-order valence-corrected chi connectivity index (χ3v) is 8.00. The number of ether oxygens (including phenoxy) is 4. The van der Waals surface area contributed by atoms with Crippen LogP contribution in [0.2, 0.25) is 0 Å². The van der Waals surface area contributed by atoms with Crippen LogP contribution in [0.4, 0.5) is 0 Å². The molecule has 8 nitrogen and oxygen atoms in total. The molecule has 0 aliphatic carbocycles. The van der Waals surface area contributed by atoms with Crippen molar-refractivity contribution in [1.29, 1.82) is 0 Å². The first kappa shape index (κ1) is 34.5. The van der Waals surface area contributed by atoms with Crippen LogP contribution in [0.15, 0.2) is 0 Å². The van der Waals surface area contributed by atoms with Gasteiger partial charge in [0.05, 0.1) is 19.3 Å². The van der Waals surface area contributed by atoms with Crippen molar-refractivity contribution >= 4 is 33.5 Å². The number of carbonyl (C=O) groups excluding carboxylic acids is 2. The lowest BCUT2D eigenvalue weighted by Crippen LogP contribution is -2.30. The lowest BCUT2D eigenvalue weighted by Gasteiger charge is -2.26. The number of rotatable bonds is 22. The molecule has 0 bridgehead atoms. The Morgan fingerprint density at radius 2 is 1.29 bits per heavy atom. The first-order valence-corrected chi connectivity index (χ1v) is 15.1. The van der Waals surface area contributed by atoms with Crippen LogP contribution < -0.4 is 0 Å². The van der Waals surface area contributed by atoms with Crippen LogP contribution in [-0.2, 0) is 28.5 Å². The normalized spacial score (nSPS) is 13.9. The second-order valence-electron chi connectivity index (χ2n) is 9.72. The molecule has 208 valence electrons. The summed E-state index contributed by atoms with van der Waals surface area (Å²) in [5, 5.41) is 19.9. The molecule has 0 amide bonds. The highest BCUT2D eigenvalue weighted by atomic mass is 33.1. The second kappa shape index (κ2) is 19.6. The minimum Gasteiger partial charge on any atom is -0.462 e. The van der Waals surface area contributed by atoms with Gasteiger partial charge in [-0.15, -0.1) is 0 Å². The van der Waals surface area contributed by atoms with E-state index in [1.54, 1.807) is 0 Å². The Morgan fingerprint density at radius 1 is 0.771 bits per heavy atom. The molecule has 2 unspecified atom stereocenters. The van der Waals surface area contributed by atoms with E-state index in [0.717, 1.165) is 38.5 Å². The predicted molar refractivity (Wildman–Crippen MR) is 143 cm³/mol. The maximum Gasteiger partial charge on any atom is 0.317 e. The molecule has 2 N–H and O–H groups in total. The summed E-state index contributed by atoms with van der Waals surface area (Å²) in [5.74, 6) is -0.514. The van der Waals surface area contributed by atoms with Crippen LogP contribution in [0, 0.1) is 5.41 Å². The van der Waals surface area contributed by atoms with Crippen LogP contribution in [-0.4, -0.2) is 84.5 Å². The van der Waals surface area contributed by atoms with Crippen LogP contribution in [0.25, 0.3) is 0 Å². The van der Waals surface area contributed by atoms with Crippen molar-refractivity contribution in [2.24, 2.45) is 5.41 Å². The van der Waals surface area contributed by atoms with E-state index in [4.69, 9.17) is 18.9 Å². The zero-order valence-corrected chi connectivity index (χ0v) is 24.1. The van der Waals surface area contributed by atoms with Gasteiger partial charge in [-0.1, -0.05) is 62.6 Å². The summed E-state index contributed by atoms with van der Waals surface area (Å²) in [6.45, 7) is 13.6. The van der Waals surface area contributed by atoms with Gasteiger partial charge in [-0.3, -0.25) is 9.59 Å². The summed E-state index contributed by atoms with van der Waals surface area (Å²) >= 11 is 0. The van der Waals surface area contributed by atoms with Crippen LogP contribution in [0.3, 0.4) is 0 Å². The van der Waals surface area contributed by atoms with Crippen molar-refractivity contribution in [2.45, 2.75) is 97.9 Å². The van der Waals surface area contributed by atoms with Crippen molar-refractivity contribution < 1.29 is 38.7 Å². The molecule has 0 spiro atoms. The first-order valence-electron chi connectivity index (χ1n) is 12.6. The van der Waals surface area contributed by atoms with Crippen molar-refractivity contribution in [1.82, 2.24) is 0 Å². The predicted octanol–water partition coefficient (Wildman–Crippen LogP) is 4.39. The largest absolute Gasteiger partial charge is 0.462 e. The molecular formula is C25H48O8S2. The molecule has 0 rings (SSSR count). The van der Waals surface area contributed by atoms with E-state index in [1.807, 2.05) is 20.8 Å². The van der Waals surface area contributed by atoms with E-state index in [-0.39, 0.29) is 36.1 Å². The maximum absolute atomic E-state index is 11.9. The van der Waals surface area contributed by atoms with Crippen LogP contribution in [0.5, 0.6) is 0 Å². The van der Waals surface area contributed by atoms with E-state index < -0.39 is 23.8 Å². The molecule has 0 aromatic heterocycles. The lowest BCUT2D eigenvalue weighted by atomic mass is 9.84. The minimum absolute atomic E-state index is 0.0784. The molecule has 0 fully saturated rings. The molecule has 10 heteroatoms.